The zero-order chi connectivity index (χ0) is 24.2. The van der Waals surface area contributed by atoms with E-state index in [1.807, 2.05) is 61.5 Å². The van der Waals surface area contributed by atoms with Crippen LogP contribution in [0.2, 0.25) is 0 Å². The first-order chi connectivity index (χ1) is 17.1. The fourth-order valence-corrected chi connectivity index (χ4v) is 3.73. The molecule has 0 aliphatic carbocycles. The lowest BCUT2D eigenvalue weighted by atomic mass is 10.2. The van der Waals surface area contributed by atoms with Crippen molar-refractivity contribution in [3.63, 3.8) is 0 Å². The molecule has 0 saturated carbocycles. The van der Waals surface area contributed by atoms with Gasteiger partial charge in [0.1, 0.15) is 17.7 Å². The van der Waals surface area contributed by atoms with Crippen LogP contribution in [0.15, 0.2) is 91.4 Å². The lowest BCUT2D eigenvalue weighted by Gasteiger charge is -2.23. The molecule has 5 rings (SSSR count). The van der Waals surface area contributed by atoms with Crippen molar-refractivity contribution in [2.24, 2.45) is 0 Å². The highest BCUT2D eigenvalue weighted by Gasteiger charge is 2.30. The summed E-state index contributed by atoms with van der Waals surface area (Å²) in [6.45, 7) is 2.18. The first kappa shape index (κ1) is 21.9. The standard InChI is InChI=1S/C26H20N6O3/c1-18-13-14-20-10-7-11-21(23(20)30-18)35-26-24(32(33)34)25(28-17-29-26)31(22-12-5-6-15-27-22)16-19-8-3-2-4-9-19/h2-15,17H,16H2,1H3. The molecule has 0 saturated heterocycles. The van der Waals surface area contributed by atoms with E-state index in [0.29, 0.717) is 23.6 Å². The molecular weight excluding hydrogens is 444 g/mol. The number of hydrogen-bond acceptors (Lipinski definition) is 8. The van der Waals surface area contributed by atoms with Gasteiger partial charge in [-0.05, 0) is 36.8 Å². The number of benzene rings is 2. The average Bonchev–Trinajstić information content (AvgIpc) is 2.88. The maximum absolute atomic E-state index is 12.3. The van der Waals surface area contributed by atoms with Crippen LogP contribution >= 0.6 is 0 Å². The van der Waals surface area contributed by atoms with E-state index in [2.05, 4.69) is 19.9 Å². The molecule has 0 aliphatic rings. The van der Waals surface area contributed by atoms with Crippen molar-refractivity contribution in [1.82, 2.24) is 19.9 Å². The number of pyridine rings is 2. The Kier molecular flexibility index (Phi) is 5.96. The molecule has 0 unspecified atom stereocenters. The monoisotopic (exact) mass is 464 g/mol. The highest BCUT2D eigenvalue weighted by molar-refractivity contribution is 5.85. The Hall–Kier alpha value is -4.92. The summed E-state index contributed by atoms with van der Waals surface area (Å²) in [6, 6.07) is 24.2. The number of fused-ring (bicyclic) bond motifs is 1. The third-order valence-electron chi connectivity index (χ3n) is 5.35. The minimum absolute atomic E-state index is 0.0759. The number of aryl methyl sites for hydroxylation is 1. The van der Waals surface area contributed by atoms with Gasteiger partial charge in [0.25, 0.3) is 0 Å². The fraction of sp³-hybridized carbons (Fsp3) is 0.0769. The minimum Gasteiger partial charge on any atom is -0.431 e. The van der Waals surface area contributed by atoms with E-state index < -0.39 is 4.92 Å². The number of anilines is 2. The van der Waals surface area contributed by atoms with Crippen LogP contribution in [-0.2, 0) is 6.54 Å². The first-order valence-corrected chi connectivity index (χ1v) is 10.9. The van der Waals surface area contributed by atoms with E-state index in [9.17, 15) is 10.1 Å². The Labute approximate surface area is 200 Å². The molecule has 0 aliphatic heterocycles. The highest BCUT2D eigenvalue weighted by atomic mass is 16.6. The van der Waals surface area contributed by atoms with Gasteiger partial charge in [-0.15, -0.1) is 0 Å². The van der Waals surface area contributed by atoms with Gasteiger partial charge in [-0.2, -0.15) is 4.98 Å². The van der Waals surface area contributed by atoms with Crippen LogP contribution in [0.25, 0.3) is 10.9 Å². The predicted octanol–water partition coefficient (Wildman–Crippen LogP) is 5.77. The van der Waals surface area contributed by atoms with Gasteiger partial charge in [-0.1, -0.05) is 54.6 Å². The molecule has 0 N–H and O–H groups in total. The largest absolute Gasteiger partial charge is 0.431 e. The Morgan fingerprint density at radius 2 is 1.74 bits per heavy atom. The molecule has 9 nitrogen and oxygen atoms in total. The SMILES string of the molecule is Cc1ccc2cccc(Oc3ncnc(N(Cc4ccccc4)c4ccccn4)c3[N+](=O)[O-])c2n1. The van der Waals surface area contributed by atoms with Gasteiger partial charge in [-0.25, -0.2) is 15.0 Å². The smallest absolute Gasteiger partial charge is 0.373 e. The predicted molar refractivity (Wildman–Crippen MR) is 132 cm³/mol. The van der Waals surface area contributed by atoms with Crippen molar-refractivity contribution in [2.45, 2.75) is 13.5 Å². The molecule has 35 heavy (non-hydrogen) atoms. The number of rotatable bonds is 7. The molecule has 0 bridgehead atoms. The van der Waals surface area contributed by atoms with E-state index >= 15 is 0 Å². The summed E-state index contributed by atoms with van der Waals surface area (Å²) in [5.41, 5.74) is 1.96. The van der Waals surface area contributed by atoms with E-state index in [-0.39, 0.29) is 17.4 Å². The Morgan fingerprint density at radius 1 is 0.914 bits per heavy atom. The summed E-state index contributed by atoms with van der Waals surface area (Å²) >= 11 is 0. The van der Waals surface area contributed by atoms with Gasteiger partial charge in [0, 0.05) is 17.3 Å². The summed E-state index contributed by atoms with van der Waals surface area (Å²) in [4.78, 5) is 30.8. The molecule has 3 heterocycles. The molecule has 0 fully saturated rings. The zero-order valence-electron chi connectivity index (χ0n) is 18.8. The van der Waals surface area contributed by atoms with Crippen LogP contribution in [0.5, 0.6) is 11.6 Å². The molecule has 5 aromatic rings. The van der Waals surface area contributed by atoms with Crippen molar-refractivity contribution in [2.75, 3.05) is 4.90 Å². The van der Waals surface area contributed by atoms with Crippen LogP contribution in [0.1, 0.15) is 11.3 Å². The van der Waals surface area contributed by atoms with Gasteiger partial charge in [0.05, 0.1) is 11.5 Å². The van der Waals surface area contributed by atoms with Crippen LogP contribution in [-0.4, -0.2) is 24.9 Å². The topological polar surface area (TPSA) is 107 Å². The number of nitro groups is 1. The Balaban J connectivity index is 1.63. The van der Waals surface area contributed by atoms with Gasteiger partial charge < -0.3 is 9.64 Å². The van der Waals surface area contributed by atoms with Gasteiger partial charge >= 0.3 is 11.6 Å². The van der Waals surface area contributed by atoms with E-state index in [1.54, 1.807) is 35.4 Å². The summed E-state index contributed by atoms with van der Waals surface area (Å²) < 4.78 is 6.01. The molecule has 0 amide bonds. The second kappa shape index (κ2) is 9.52. The normalized spacial score (nSPS) is 10.8. The molecule has 172 valence electrons. The van der Waals surface area contributed by atoms with Crippen LogP contribution in [0.4, 0.5) is 17.3 Å². The van der Waals surface area contributed by atoms with E-state index in [0.717, 1.165) is 16.6 Å². The molecule has 3 aromatic heterocycles. The number of aromatic nitrogens is 4. The maximum atomic E-state index is 12.3. The maximum Gasteiger partial charge on any atom is 0.373 e. The lowest BCUT2D eigenvalue weighted by molar-refractivity contribution is -0.385. The van der Waals surface area contributed by atoms with E-state index in [1.165, 1.54) is 6.33 Å². The Bertz CT molecular complexity index is 1500. The van der Waals surface area contributed by atoms with Crippen molar-refractivity contribution in [3.05, 3.63) is 113 Å². The molecule has 0 spiro atoms. The van der Waals surface area contributed by atoms with Crippen molar-refractivity contribution >= 4 is 28.2 Å². The molecule has 0 atom stereocenters. The number of hydrogen-bond donors (Lipinski definition) is 0. The molecule has 2 aromatic carbocycles. The summed E-state index contributed by atoms with van der Waals surface area (Å²) in [6.07, 6.45) is 2.88. The third kappa shape index (κ3) is 4.60. The quantitative estimate of drug-likeness (QED) is 0.221. The molecule has 0 radical (unpaired) electrons. The van der Waals surface area contributed by atoms with Gasteiger partial charge in [0.2, 0.25) is 5.82 Å². The average molecular weight is 464 g/mol. The second-order valence-corrected chi connectivity index (χ2v) is 7.75. The Morgan fingerprint density at radius 3 is 2.51 bits per heavy atom. The summed E-state index contributed by atoms with van der Waals surface area (Å²) in [5.74, 6) is 0.773. The number of ether oxygens (including phenoxy) is 1. The number of para-hydroxylation sites is 1. The highest BCUT2D eigenvalue weighted by Crippen LogP contribution is 2.40. The number of nitrogens with zero attached hydrogens (tertiary/aromatic N) is 6. The van der Waals surface area contributed by atoms with Crippen molar-refractivity contribution < 1.29 is 9.66 Å². The van der Waals surface area contributed by atoms with Gasteiger partial charge in [-0.3, -0.25) is 10.1 Å². The second-order valence-electron chi connectivity index (χ2n) is 7.75. The van der Waals surface area contributed by atoms with E-state index in [4.69, 9.17) is 4.74 Å². The van der Waals surface area contributed by atoms with Crippen molar-refractivity contribution in [3.8, 4) is 11.6 Å². The first-order valence-electron chi connectivity index (χ1n) is 10.9. The fourth-order valence-electron chi connectivity index (χ4n) is 3.73. The van der Waals surface area contributed by atoms with Crippen molar-refractivity contribution in [1.29, 1.82) is 0 Å². The van der Waals surface area contributed by atoms with Crippen LogP contribution < -0.4 is 9.64 Å². The van der Waals surface area contributed by atoms with Gasteiger partial charge in [0.15, 0.2) is 5.75 Å². The summed E-state index contributed by atoms with van der Waals surface area (Å²) in [7, 11) is 0. The molecule has 9 heteroatoms. The summed E-state index contributed by atoms with van der Waals surface area (Å²) in [5, 5.41) is 13.2. The molecular formula is C26H20N6O3. The lowest BCUT2D eigenvalue weighted by Crippen LogP contribution is -2.20. The minimum atomic E-state index is -0.532. The van der Waals surface area contributed by atoms with Crippen LogP contribution in [0.3, 0.4) is 0 Å². The zero-order valence-corrected chi connectivity index (χ0v) is 18.8. The van der Waals surface area contributed by atoms with Crippen LogP contribution in [0, 0.1) is 17.0 Å². The third-order valence-corrected chi connectivity index (χ3v) is 5.35.